The van der Waals surface area contributed by atoms with E-state index in [0.717, 1.165) is 5.56 Å². The first-order valence-electron chi connectivity index (χ1n) is 5.09. The molecule has 78 valence electrons. The molecule has 0 aliphatic rings. The fraction of sp³-hybridized carbons (Fsp3) is 0.231. The maximum atomic E-state index is 9.20. The van der Waals surface area contributed by atoms with Gasteiger partial charge in [-0.1, -0.05) is 30.4 Å². The van der Waals surface area contributed by atoms with E-state index < -0.39 is 6.10 Å². The Kier molecular flexibility index (Phi) is 2.60. The Morgan fingerprint density at radius 2 is 2.07 bits per heavy atom. The van der Waals surface area contributed by atoms with Gasteiger partial charge in [0, 0.05) is 24.1 Å². The van der Waals surface area contributed by atoms with Crippen LogP contribution in [0.25, 0.3) is 17.0 Å². The Morgan fingerprint density at radius 1 is 1.33 bits per heavy atom. The molecule has 0 fully saturated rings. The maximum Gasteiger partial charge on any atom is 0.0696 e. The molecule has 1 atom stereocenters. The van der Waals surface area contributed by atoms with Gasteiger partial charge in [-0.15, -0.1) is 0 Å². The molecule has 2 heteroatoms. The summed E-state index contributed by atoms with van der Waals surface area (Å²) in [7, 11) is 2.03. The number of hydrogen-bond donors (Lipinski definition) is 1. The average molecular weight is 201 g/mol. The van der Waals surface area contributed by atoms with Crippen LogP contribution >= 0.6 is 0 Å². The molecule has 1 heterocycles. The second-order valence-electron chi connectivity index (χ2n) is 3.81. The molecule has 2 nitrogen and oxygen atoms in total. The van der Waals surface area contributed by atoms with Gasteiger partial charge in [0.1, 0.15) is 0 Å². The molecule has 0 spiro atoms. The van der Waals surface area contributed by atoms with Gasteiger partial charge in [0.05, 0.1) is 6.10 Å². The Bertz CT molecular complexity index is 494. The van der Waals surface area contributed by atoms with Gasteiger partial charge in [0.15, 0.2) is 0 Å². The standard InChI is InChI=1S/C13H15NO/c1-10(15)7-8-11-9-14(2)13-6-4-3-5-12(11)13/h3-10,15H,1-2H3/b8-7+. The van der Waals surface area contributed by atoms with Crippen molar-refractivity contribution in [1.82, 2.24) is 4.57 Å². The van der Waals surface area contributed by atoms with Gasteiger partial charge in [-0.2, -0.15) is 0 Å². The van der Waals surface area contributed by atoms with Crippen LogP contribution in [0, 0.1) is 0 Å². The van der Waals surface area contributed by atoms with Crippen molar-refractivity contribution in [3.63, 3.8) is 0 Å². The SMILES string of the molecule is CC(O)/C=C/c1cn(C)c2ccccc12. The molecule has 1 unspecified atom stereocenters. The zero-order chi connectivity index (χ0) is 10.8. The van der Waals surface area contributed by atoms with Crippen molar-refractivity contribution in [3.8, 4) is 0 Å². The molecule has 0 bridgehead atoms. The average Bonchev–Trinajstić information content (AvgIpc) is 2.54. The van der Waals surface area contributed by atoms with Gasteiger partial charge in [-0.3, -0.25) is 0 Å². The topological polar surface area (TPSA) is 25.2 Å². The van der Waals surface area contributed by atoms with E-state index in [-0.39, 0.29) is 0 Å². The van der Waals surface area contributed by atoms with Crippen LogP contribution in [0.15, 0.2) is 36.5 Å². The predicted octanol–water partition coefficient (Wildman–Crippen LogP) is 2.57. The summed E-state index contributed by atoms with van der Waals surface area (Å²) in [6, 6.07) is 8.25. The van der Waals surface area contributed by atoms with Crippen LogP contribution in [0.2, 0.25) is 0 Å². The van der Waals surface area contributed by atoms with Gasteiger partial charge in [0.2, 0.25) is 0 Å². The van der Waals surface area contributed by atoms with Crippen LogP contribution in [0.4, 0.5) is 0 Å². The van der Waals surface area contributed by atoms with Crippen molar-refractivity contribution in [2.45, 2.75) is 13.0 Å². The zero-order valence-corrected chi connectivity index (χ0v) is 9.01. The third-order valence-electron chi connectivity index (χ3n) is 2.48. The Hall–Kier alpha value is -1.54. The second kappa shape index (κ2) is 3.91. The quantitative estimate of drug-likeness (QED) is 0.793. The number of fused-ring (bicyclic) bond motifs is 1. The van der Waals surface area contributed by atoms with Crippen molar-refractivity contribution in [1.29, 1.82) is 0 Å². The molecular weight excluding hydrogens is 186 g/mol. The van der Waals surface area contributed by atoms with E-state index in [2.05, 4.69) is 22.9 Å². The van der Waals surface area contributed by atoms with Crippen LogP contribution in [0.3, 0.4) is 0 Å². The number of aryl methyl sites for hydroxylation is 1. The van der Waals surface area contributed by atoms with E-state index >= 15 is 0 Å². The van der Waals surface area contributed by atoms with E-state index in [9.17, 15) is 5.11 Å². The highest BCUT2D eigenvalue weighted by Crippen LogP contribution is 2.21. The summed E-state index contributed by atoms with van der Waals surface area (Å²) in [5.74, 6) is 0. The van der Waals surface area contributed by atoms with Crippen LogP contribution in [-0.2, 0) is 7.05 Å². The largest absolute Gasteiger partial charge is 0.389 e. The smallest absolute Gasteiger partial charge is 0.0696 e. The summed E-state index contributed by atoms with van der Waals surface area (Å²) < 4.78 is 2.09. The molecule has 0 saturated carbocycles. The van der Waals surface area contributed by atoms with E-state index in [4.69, 9.17) is 0 Å². The molecule has 2 aromatic rings. The number of benzene rings is 1. The molecule has 0 saturated heterocycles. The van der Waals surface area contributed by atoms with E-state index in [1.807, 2.05) is 25.3 Å². The van der Waals surface area contributed by atoms with E-state index in [1.165, 1.54) is 10.9 Å². The molecule has 1 aromatic carbocycles. The molecule has 0 aliphatic carbocycles. The lowest BCUT2D eigenvalue weighted by molar-refractivity contribution is 0.245. The van der Waals surface area contributed by atoms with Crippen molar-refractivity contribution in [3.05, 3.63) is 42.1 Å². The summed E-state index contributed by atoms with van der Waals surface area (Å²) in [6.45, 7) is 1.75. The Labute approximate surface area is 89.5 Å². The molecule has 1 aromatic heterocycles. The minimum atomic E-state index is -0.399. The zero-order valence-electron chi connectivity index (χ0n) is 9.01. The Morgan fingerprint density at radius 3 is 2.80 bits per heavy atom. The van der Waals surface area contributed by atoms with Crippen LogP contribution in [-0.4, -0.2) is 15.8 Å². The second-order valence-corrected chi connectivity index (χ2v) is 3.81. The first-order chi connectivity index (χ1) is 7.18. The summed E-state index contributed by atoms with van der Waals surface area (Å²) in [4.78, 5) is 0. The summed E-state index contributed by atoms with van der Waals surface area (Å²) in [6.07, 6.45) is 5.43. The first kappa shape index (κ1) is 9.99. The third-order valence-corrected chi connectivity index (χ3v) is 2.48. The summed E-state index contributed by atoms with van der Waals surface area (Å²) in [5.41, 5.74) is 2.36. The molecule has 0 aliphatic heterocycles. The number of hydrogen-bond acceptors (Lipinski definition) is 1. The maximum absolute atomic E-state index is 9.20. The third kappa shape index (κ3) is 1.95. The van der Waals surface area contributed by atoms with Crippen molar-refractivity contribution < 1.29 is 5.11 Å². The Balaban J connectivity index is 2.52. The van der Waals surface area contributed by atoms with Crippen LogP contribution in [0.5, 0.6) is 0 Å². The molecular formula is C13H15NO. The summed E-state index contributed by atoms with van der Waals surface area (Å²) in [5, 5.41) is 10.4. The van der Waals surface area contributed by atoms with Crippen LogP contribution in [0.1, 0.15) is 12.5 Å². The molecule has 0 amide bonds. The monoisotopic (exact) mass is 201 g/mol. The number of para-hydroxylation sites is 1. The van der Waals surface area contributed by atoms with Gasteiger partial charge in [0.25, 0.3) is 0 Å². The molecule has 15 heavy (non-hydrogen) atoms. The highest BCUT2D eigenvalue weighted by molar-refractivity contribution is 5.89. The van der Waals surface area contributed by atoms with Crippen molar-refractivity contribution >= 4 is 17.0 Å². The number of aromatic nitrogens is 1. The van der Waals surface area contributed by atoms with E-state index in [1.54, 1.807) is 13.0 Å². The normalized spacial score (nSPS) is 13.8. The van der Waals surface area contributed by atoms with E-state index in [0.29, 0.717) is 0 Å². The fourth-order valence-corrected chi connectivity index (χ4v) is 1.75. The van der Waals surface area contributed by atoms with Crippen LogP contribution < -0.4 is 0 Å². The number of aliphatic hydroxyl groups excluding tert-OH is 1. The highest BCUT2D eigenvalue weighted by Gasteiger charge is 2.02. The highest BCUT2D eigenvalue weighted by atomic mass is 16.3. The fourth-order valence-electron chi connectivity index (χ4n) is 1.75. The molecule has 2 rings (SSSR count). The van der Waals surface area contributed by atoms with Crippen molar-refractivity contribution in [2.75, 3.05) is 0 Å². The lowest BCUT2D eigenvalue weighted by Crippen LogP contribution is -1.90. The number of rotatable bonds is 2. The minimum Gasteiger partial charge on any atom is -0.389 e. The van der Waals surface area contributed by atoms with Gasteiger partial charge >= 0.3 is 0 Å². The predicted molar refractivity (Wildman–Crippen MR) is 63.6 cm³/mol. The molecule has 0 radical (unpaired) electrons. The van der Waals surface area contributed by atoms with Crippen molar-refractivity contribution in [2.24, 2.45) is 7.05 Å². The number of aliphatic hydroxyl groups is 1. The summed E-state index contributed by atoms with van der Waals surface area (Å²) >= 11 is 0. The van der Waals surface area contributed by atoms with Gasteiger partial charge in [-0.25, -0.2) is 0 Å². The number of nitrogens with zero attached hydrogens (tertiary/aromatic N) is 1. The van der Waals surface area contributed by atoms with Gasteiger partial charge < -0.3 is 9.67 Å². The first-order valence-corrected chi connectivity index (χ1v) is 5.09. The molecule has 1 N–H and O–H groups in total. The van der Waals surface area contributed by atoms with Gasteiger partial charge in [-0.05, 0) is 18.6 Å². The minimum absolute atomic E-state index is 0.399. The lowest BCUT2D eigenvalue weighted by atomic mass is 10.1. The lowest BCUT2D eigenvalue weighted by Gasteiger charge is -1.94.